The molecular formula is C17H14ClFN2. The van der Waals surface area contributed by atoms with E-state index in [1.807, 2.05) is 43.3 Å². The normalized spacial score (nSPS) is 10.9. The molecule has 0 spiro atoms. The molecule has 3 rings (SSSR count). The Kier molecular flexibility index (Phi) is 3.52. The van der Waals surface area contributed by atoms with E-state index in [9.17, 15) is 4.39 Å². The Morgan fingerprint density at radius 2 is 1.76 bits per heavy atom. The summed E-state index contributed by atoms with van der Waals surface area (Å²) in [7, 11) is 3.82. The third-order valence-corrected chi connectivity index (χ3v) is 3.61. The topological polar surface area (TPSA) is 16.1 Å². The highest BCUT2D eigenvalue weighted by Crippen LogP contribution is 2.33. The van der Waals surface area contributed by atoms with Gasteiger partial charge in [0.1, 0.15) is 11.6 Å². The van der Waals surface area contributed by atoms with Crippen molar-refractivity contribution in [2.45, 2.75) is 0 Å². The maximum absolute atomic E-state index is 14.2. The fraction of sp³-hybridized carbons (Fsp3) is 0.118. The third-order valence-electron chi connectivity index (χ3n) is 3.38. The van der Waals surface area contributed by atoms with Gasteiger partial charge >= 0.3 is 0 Å². The van der Waals surface area contributed by atoms with Crippen molar-refractivity contribution in [2.75, 3.05) is 19.0 Å². The summed E-state index contributed by atoms with van der Waals surface area (Å²) in [6, 6.07) is 14.1. The van der Waals surface area contributed by atoms with E-state index < -0.39 is 0 Å². The first-order valence-corrected chi connectivity index (χ1v) is 6.96. The van der Waals surface area contributed by atoms with Crippen LogP contribution in [0.1, 0.15) is 0 Å². The number of hydrogen-bond donors (Lipinski definition) is 0. The Morgan fingerprint density at radius 3 is 2.48 bits per heavy atom. The largest absolute Gasteiger partial charge is 0.363 e. The van der Waals surface area contributed by atoms with Gasteiger partial charge in [-0.15, -0.1) is 0 Å². The molecule has 0 atom stereocenters. The van der Waals surface area contributed by atoms with Gasteiger partial charge in [0.25, 0.3) is 0 Å². The zero-order valence-electron chi connectivity index (χ0n) is 11.8. The van der Waals surface area contributed by atoms with E-state index in [1.165, 1.54) is 6.07 Å². The van der Waals surface area contributed by atoms with Gasteiger partial charge in [0.15, 0.2) is 0 Å². The van der Waals surface area contributed by atoms with Gasteiger partial charge in [-0.2, -0.15) is 0 Å². The van der Waals surface area contributed by atoms with E-state index in [0.29, 0.717) is 10.6 Å². The first-order valence-electron chi connectivity index (χ1n) is 6.59. The first kappa shape index (κ1) is 13.8. The molecule has 0 saturated heterocycles. The van der Waals surface area contributed by atoms with Crippen LogP contribution in [0.5, 0.6) is 0 Å². The molecule has 2 aromatic carbocycles. The molecule has 0 fully saturated rings. The average molecular weight is 301 g/mol. The molecule has 1 aromatic heterocycles. The van der Waals surface area contributed by atoms with Gasteiger partial charge in [0, 0.05) is 30.1 Å². The number of fused-ring (bicyclic) bond motifs is 1. The van der Waals surface area contributed by atoms with E-state index in [2.05, 4.69) is 4.98 Å². The monoisotopic (exact) mass is 300 g/mol. The fourth-order valence-corrected chi connectivity index (χ4v) is 2.49. The number of pyridine rings is 1. The molecule has 0 saturated carbocycles. The number of halogens is 2. The van der Waals surface area contributed by atoms with Crippen LogP contribution in [0.15, 0.2) is 48.5 Å². The standard InChI is InChI=1S/C17H14ClFN2/c1-21(2)17-10-13(12-5-3-4-6-15(12)19)14-9-11(18)7-8-16(14)20-17/h3-10H,1-2H3. The smallest absolute Gasteiger partial charge is 0.131 e. The second kappa shape index (κ2) is 5.34. The van der Waals surface area contributed by atoms with Crippen LogP contribution < -0.4 is 4.90 Å². The number of nitrogens with zero attached hydrogens (tertiary/aromatic N) is 2. The molecule has 106 valence electrons. The lowest BCUT2D eigenvalue weighted by molar-refractivity contribution is 0.631. The Morgan fingerprint density at radius 1 is 1.00 bits per heavy atom. The predicted octanol–water partition coefficient (Wildman–Crippen LogP) is 4.76. The number of benzene rings is 2. The number of anilines is 1. The highest BCUT2D eigenvalue weighted by atomic mass is 35.5. The molecule has 0 radical (unpaired) electrons. The van der Waals surface area contributed by atoms with Crippen molar-refractivity contribution in [3.05, 3.63) is 59.4 Å². The Hall–Kier alpha value is -2.13. The Bertz CT molecular complexity index is 815. The third kappa shape index (κ3) is 2.57. The van der Waals surface area contributed by atoms with Crippen LogP contribution in [0.4, 0.5) is 10.2 Å². The molecule has 0 bridgehead atoms. The van der Waals surface area contributed by atoms with Crippen molar-refractivity contribution in [1.29, 1.82) is 0 Å². The number of hydrogen-bond acceptors (Lipinski definition) is 2. The fourth-order valence-electron chi connectivity index (χ4n) is 2.32. The van der Waals surface area contributed by atoms with Crippen LogP contribution in [0.2, 0.25) is 5.02 Å². The Labute approximate surface area is 127 Å². The lowest BCUT2D eigenvalue weighted by Gasteiger charge is -2.16. The second-order valence-electron chi connectivity index (χ2n) is 5.06. The van der Waals surface area contributed by atoms with E-state index in [0.717, 1.165) is 22.3 Å². The predicted molar refractivity (Wildman–Crippen MR) is 86.5 cm³/mol. The maximum Gasteiger partial charge on any atom is 0.131 e. The summed E-state index contributed by atoms with van der Waals surface area (Å²) in [5, 5.41) is 1.46. The molecule has 0 N–H and O–H groups in total. The van der Waals surface area contributed by atoms with E-state index >= 15 is 0 Å². The quantitative estimate of drug-likeness (QED) is 0.678. The number of rotatable bonds is 2. The van der Waals surface area contributed by atoms with Crippen LogP contribution in [-0.2, 0) is 0 Å². The van der Waals surface area contributed by atoms with Gasteiger partial charge in [-0.05, 0) is 35.9 Å². The molecule has 0 aliphatic carbocycles. The van der Waals surface area contributed by atoms with Gasteiger partial charge in [-0.25, -0.2) is 9.37 Å². The van der Waals surface area contributed by atoms with E-state index in [-0.39, 0.29) is 5.82 Å². The average Bonchev–Trinajstić information content (AvgIpc) is 2.47. The molecule has 21 heavy (non-hydrogen) atoms. The highest BCUT2D eigenvalue weighted by Gasteiger charge is 2.12. The minimum Gasteiger partial charge on any atom is -0.363 e. The van der Waals surface area contributed by atoms with Gasteiger partial charge in [-0.1, -0.05) is 29.8 Å². The second-order valence-corrected chi connectivity index (χ2v) is 5.50. The molecule has 0 unspecified atom stereocenters. The van der Waals surface area contributed by atoms with Gasteiger partial charge < -0.3 is 4.90 Å². The lowest BCUT2D eigenvalue weighted by Crippen LogP contribution is -2.10. The van der Waals surface area contributed by atoms with Gasteiger partial charge in [0.2, 0.25) is 0 Å². The van der Waals surface area contributed by atoms with Crippen LogP contribution in [-0.4, -0.2) is 19.1 Å². The zero-order chi connectivity index (χ0) is 15.0. The molecule has 0 aliphatic heterocycles. The summed E-state index contributed by atoms with van der Waals surface area (Å²) >= 11 is 6.09. The van der Waals surface area contributed by atoms with Crippen molar-refractivity contribution < 1.29 is 4.39 Å². The maximum atomic E-state index is 14.2. The van der Waals surface area contributed by atoms with Crippen LogP contribution >= 0.6 is 11.6 Å². The molecule has 2 nitrogen and oxygen atoms in total. The zero-order valence-corrected chi connectivity index (χ0v) is 12.5. The van der Waals surface area contributed by atoms with Crippen molar-refractivity contribution >= 4 is 28.3 Å². The molecule has 3 aromatic rings. The Balaban J connectivity index is 2.38. The first-order chi connectivity index (χ1) is 10.1. The highest BCUT2D eigenvalue weighted by molar-refractivity contribution is 6.31. The summed E-state index contributed by atoms with van der Waals surface area (Å²) in [5.74, 6) is 0.526. The minimum atomic E-state index is -0.255. The van der Waals surface area contributed by atoms with Crippen molar-refractivity contribution in [1.82, 2.24) is 4.98 Å². The summed E-state index contributed by atoms with van der Waals surface area (Å²) in [6.45, 7) is 0. The number of aromatic nitrogens is 1. The molecule has 1 heterocycles. The van der Waals surface area contributed by atoms with E-state index in [1.54, 1.807) is 18.2 Å². The van der Waals surface area contributed by atoms with Crippen LogP contribution in [0.25, 0.3) is 22.0 Å². The van der Waals surface area contributed by atoms with Crippen LogP contribution in [0.3, 0.4) is 0 Å². The van der Waals surface area contributed by atoms with Gasteiger partial charge in [-0.3, -0.25) is 0 Å². The van der Waals surface area contributed by atoms with E-state index in [4.69, 9.17) is 11.6 Å². The van der Waals surface area contributed by atoms with Crippen LogP contribution in [0, 0.1) is 5.82 Å². The molecule has 4 heteroatoms. The summed E-state index contributed by atoms with van der Waals surface area (Å²) in [6.07, 6.45) is 0. The minimum absolute atomic E-state index is 0.255. The van der Waals surface area contributed by atoms with Crippen molar-refractivity contribution in [3.63, 3.8) is 0 Å². The molecule has 0 aliphatic rings. The molecule has 0 amide bonds. The lowest BCUT2D eigenvalue weighted by atomic mass is 10.0. The summed E-state index contributed by atoms with van der Waals surface area (Å²) in [5.41, 5.74) is 2.14. The van der Waals surface area contributed by atoms with Gasteiger partial charge in [0.05, 0.1) is 5.52 Å². The SMILES string of the molecule is CN(C)c1cc(-c2ccccc2F)c2cc(Cl)ccc2n1. The summed E-state index contributed by atoms with van der Waals surface area (Å²) in [4.78, 5) is 6.48. The summed E-state index contributed by atoms with van der Waals surface area (Å²) < 4.78 is 14.2. The molecular weight excluding hydrogens is 287 g/mol. The van der Waals surface area contributed by atoms with Crippen molar-refractivity contribution in [2.24, 2.45) is 0 Å². The van der Waals surface area contributed by atoms with Crippen molar-refractivity contribution in [3.8, 4) is 11.1 Å².